The minimum absolute atomic E-state index is 0.404. The van der Waals surface area contributed by atoms with Crippen LogP contribution in [0, 0.1) is 6.92 Å². The number of nitrogens with one attached hydrogen (secondary N) is 1. The van der Waals surface area contributed by atoms with Gasteiger partial charge < -0.3 is 14.8 Å². The molecule has 5 nitrogen and oxygen atoms in total. The topological polar surface area (TPSA) is 48.1 Å². The molecule has 1 aromatic carbocycles. The molecule has 1 saturated heterocycles. The van der Waals surface area contributed by atoms with Crippen LogP contribution in [0.15, 0.2) is 36.5 Å². The second-order valence-electron chi connectivity index (χ2n) is 6.76. The molecule has 27 heavy (non-hydrogen) atoms. The second kappa shape index (κ2) is 6.75. The number of aryl methyl sites for hydroxylation is 1. The molecule has 142 valence electrons. The van der Waals surface area contributed by atoms with E-state index in [1.807, 2.05) is 19.1 Å². The van der Waals surface area contributed by atoms with Crippen molar-refractivity contribution in [2.24, 2.45) is 0 Å². The van der Waals surface area contributed by atoms with Crippen LogP contribution < -0.4 is 9.80 Å². The second-order valence-corrected chi connectivity index (χ2v) is 6.76. The van der Waals surface area contributed by atoms with Gasteiger partial charge in [0.2, 0.25) is 5.95 Å². The molecule has 1 fully saturated rings. The molecule has 8 heteroatoms. The Hall–Kier alpha value is -2.77. The highest BCUT2D eigenvalue weighted by atomic mass is 19.4. The van der Waals surface area contributed by atoms with Crippen molar-refractivity contribution >= 4 is 22.8 Å². The van der Waals surface area contributed by atoms with Gasteiger partial charge in [-0.3, -0.25) is 0 Å². The Kier molecular flexibility index (Phi) is 4.41. The Morgan fingerprint density at radius 1 is 1.04 bits per heavy atom. The Balaban J connectivity index is 1.55. The first-order valence-corrected chi connectivity index (χ1v) is 8.90. The minimum Gasteiger partial charge on any atom is -0.355 e. The molecule has 0 unspecified atom stereocenters. The van der Waals surface area contributed by atoms with E-state index < -0.39 is 11.7 Å². The fraction of sp³-hybridized carbons (Fsp3) is 0.368. The van der Waals surface area contributed by atoms with E-state index in [4.69, 9.17) is 0 Å². The smallest absolute Gasteiger partial charge is 0.355 e. The number of aromatic nitrogens is 3. The Morgan fingerprint density at radius 3 is 2.59 bits per heavy atom. The lowest BCUT2D eigenvalue weighted by Crippen LogP contribution is -2.32. The van der Waals surface area contributed by atoms with Gasteiger partial charge in [-0.05, 0) is 43.2 Å². The molecule has 1 aliphatic rings. The molecular formula is C19H20F3N5. The van der Waals surface area contributed by atoms with E-state index in [0.717, 1.165) is 56.1 Å². The van der Waals surface area contributed by atoms with Crippen LogP contribution in [0.25, 0.3) is 11.0 Å². The van der Waals surface area contributed by atoms with Gasteiger partial charge in [0.05, 0.1) is 16.6 Å². The van der Waals surface area contributed by atoms with Gasteiger partial charge >= 0.3 is 6.18 Å². The molecular weight excluding hydrogens is 355 g/mol. The molecule has 3 heterocycles. The molecule has 4 rings (SSSR count). The third-order valence-corrected chi connectivity index (χ3v) is 4.87. The van der Waals surface area contributed by atoms with Crippen molar-refractivity contribution in [2.45, 2.75) is 19.5 Å². The Labute approximate surface area is 154 Å². The van der Waals surface area contributed by atoms with Crippen LogP contribution in [0.3, 0.4) is 0 Å². The normalized spacial score (nSPS) is 16.0. The maximum atomic E-state index is 12.9. The highest BCUT2D eigenvalue weighted by molar-refractivity contribution is 5.78. The summed E-state index contributed by atoms with van der Waals surface area (Å²) in [5.41, 5.74) is 1.41. The lowest BCUT2D eigenvalue weighted by molar-refractivity contribution is -0.137. The SMILES string of the molecule is Cc1cccnc1N1CCCN(c2nc3ccc(C(F)(F)F)cc3[nH]2)CC1. The first-order chi connectivity index (χ1) is 12.9. The molecule has 1 N–H and O–H groups in total. The van der Waals surface area contributed by atoms with Crippen molar-refractivity contribution in [3.63, 3.8) is 0 Å². The highest BCUT2D eigenvalue weighted by Crippen LogP contribution is 2.31. The number of anilines is 2. The summed E-state index contributed by atoms with van der Waals surface area (Å²) in [6.45, 7) is 5.22. The summed E-state index contributed by atoms with van der Waals surface area (Å²) >= 11 is 0. The van der Waals surface area contributed by atoms with Crippen LogP contribution in [0.5, 0.6) is 0 Å². The summed E-state index contributed by atoms with van der Waals surface area (Å²) in [4.78, 5) is 16.4. The van der Waals surface area contributed by atoms with E-state index in [0.29, 0.717) is 17.0 Å². The van der Waals surface area contributed by atoms with Crippen LogP contribution in [0.1, 0.15) is 17.5 Å². The van der Waals surface area contributed by atoms with E-state index in [1.54, 1.807) is 6.20 Å². The van der Waals surface area contributed by atoms with E-state index in [1.165, 1.54) is 6.07 Å². The molecule has 0 amide bonds. The zero-order valence-electron chi connectivity index (χ0n) is 14.9. The quantitative estimate of drug-likeness (QED) is 0.736. The van der Waals surface area contributed by atoms with Crippen molar-refractivity contribution in [1.29, 1.82) is 0 Å². The van der Waals surface area contributed by atoms with Gasteiger partial charge in [-0.25, -0.2) is 9.97 Å². The molecule has 0 atom stereocenters. The number of benzene rings is 1. The highest BCUT2D eigenvalue weighted by Gasteiger charge is 2.31. The molecule has 2 aromatic heterocycles. The van der Waals surface area contributed by atoms with Gasteiger partial charge in [0.1, 0.15) is 5.82 Å². The summed E-state index contributed by atoms with van der Waals surface area (Å²) in [7, 11) is 0. The third kappa shape index (κ3) is 3.56. The van der Waals surface area contributed by atoms with Gasteiger partial charge in [-0.15, -0.1) is 0 Å². The van der Waals surface area contributed by atoms with Gasteiger partial charge in [0, 0.05) is 32.4 Å². The number of aromatic amines is 1. The number of hydrogen-bond acceptors (Lipinski definition) is 4. The molecule has 3 aromatic rings. The van der Waals surface area contributed by atoms with E-state index in [-0.39, 0.29) is 0 Å². The molecule has 0 bridgehead atoms. The van der Waals surface area contributed by atoms with Crippen molar-refractivity contribution in [1.82, 2.24) is 15.0 Å². The standard InChI is InChI=1S/C19H20F3N5/c1-13-4-2-7-23-17(13)26-8-3-9-27(11-10-26)18-24-15-6-5-14(19(20,21)22)12-16(15)25-18/h2,4-7,12H,3,8-11H2,1H3,(H,24,25). The minimum atomic E-state index is -4.36. The summed E-state index contributed by atoms with van der Waals surface area (Å²) in [6.07, 6.45) is -1.65. The number of rotatable bonds is 2. The first-order valence-electron chi connectivity index (χ1n) is 8.90. The van der Waals surface area contributed by atoms with E-state index >= 15 is 0 Å². The van der Waals surface area contributed by atoms with Crippen molar-refractivity contribution in [2.75, 3.05) is 36.0 Å². The summed E-state index contributed by atoms with van der Waals surface area (Å²) < 4.78 is 38.7. The van der Waals surface area contributed by atoms with E-state index in [9.17, 15) is 13.2 Å². The maximum absolute atomic E-state index is 12.9. The molecule has 0 saturated carbocycles. The zero-order valence-corrected chi connectivity index (χ0v) is 14.9. The lowest BCUT2D eigenvalue weighted by atomic mass is 10.2. The molecule has 0 spiro atoms. The number of fused-ring (bicyclic) bond motifs is 1. The number of nitrogens with zero attached hydrogens (tertiary/aromatic N) is 4. The zero-order chi connectivity index (χ0) is 19.0. The predicted octanol–water partition coefficient (Wildman–Crippen LogP) is 4.00. The van der Waals surface area contributed by atoms with E-state index in [2.05, 4.69) is 24.8 Å². The number of alkyl halides is 3. The van der Waals surface area contributed by atoms with Crippen LogP contribution in [-0.2, 0) is 6.18 Å². The maximum Gasteiger partial charge on any atom is 0.416 e. The van der Waals surface area contributed by atoms with Gasteiger partial charge in [-0.1, -0.05) is 6.07 Å². The number of halogens is 3. The van der Waals surface area contributed by atoms with Gasteiger partial charge in [-0.2, -0.15) is 13.2 Å². The number of H-pyrrole nitrogens is 1. The summed E-state index contributed by atoms with van der Waals surface area (Å²) in [6, 6.07) is 7.57. The van der Waals surface area contributed by atoms with Crippen molar-refractivity contribution < 1.29 is 13.2 Å². The number of hydrogen-bond donors (Lipinski definition) is 1. The van der Waals surface area contributed by atoms with Crippen LogP contribution >= 0.6 is 0 Å². The Morgan fingerprint density at radius 2 is 1.81 bits per heavy atom. The van der Waals surface area contributed by atoms with Crippen LogP contribution in [0.2, 0.25) is 0 Å². The average molecular weight is 375 g/mol. The number of pyridine rings is 1. The Bertz CT molecular complexity index is 950. The summed E-state index contributed by atoms with van der Waals surface area (Å²) in [5, 5.41) is 0. The summed E-state index contributed by atoms with van der Waals surface area (Å²) in [5.74, 6) is 1.60. The fourth-order valence-electron chi connectivity index (χ4n) is 3.47. The van der Waals surface area contributed by atoms with Crippen molar-refractivity contribution in [3.05, 3.63) is 47.7 Å². The third-order valence-electron chi connectivity index (χ3n) is 4.87. The largest absolute Gasteiger partial charge is 0.416 e. The van der Waals surface area contributed by atoms with Gasteiger partial charge in [0.25, 0.3) is 0 Å². The van der Waals surface area contributed by atoms with Crippen molar-refractivity contribution in [3.8, 4) is 0 Å². The average Bonchev–Trinajstić information content (AvgIpc) is 2.90. The van der Waals surface area contributed by atoms with Crippen LogP contribution in [0.4, 0.5) is 24.9 Å². The van der Waals surface area contributed by atoms with Crippen LogP contribution in [-0.4, -0.2) is 41.1 Å². The monoisotopic (exact) mass is 375 g/mol. The van der Waals surface area contributed by atoms with Gasteiger partial charge in [0.15, 0.2) is 0 Å². The predicted molar refractivity (Wildman–Crippen MR) is 99.1 cm³/mol. The first kappa shape index (κ1) is 17.6. The number of imidazole rings is 1. The fourth-order valence-corrected chi connectivity index (χ4v) is 3.47. The molecule has 1 aliphatic heterocycles. The lowest BCUT2D eigenvalue weighted by Gasteiger charge is -2.23. The molecule has 0 radical (unpaired) electrons. The molecule has 0 aliphatic carbocycles.